The summed E-state index contributed by atoms with van der Waals surface area (Å²) in [6, 6.07) is 12.5. The monoisotopic (exact) mass is 624 g/mol. The largest absolute Gasteiger partial charge is 0.481 e. The molecular formula is C33H25F9O2. The lowest BCUT2D eigenvalue weighted by Crippen LogP contribution is -2.31. The molecule has 0 heterocycles. The maximum atomic E-state index is 14.4. The predicted octanol–water partition coefficient (Wildman–Crippen LogP) is 9.80. The van der Waals surface area contributed by atoms with Gasteiger partial charge >= 0.3 is 24.5 Å². The molecule has 0 spiro atoms. The van der Waals surface area contributed by atoms with Crippen molar-refractivity contribution in [1.82, 2.24) is 0 Å². The first-order valence-electron chi connectivity index (χ1n) is 13.7. The minimum absolute atomic E-state index is 0.0197. The second kappa shape index (κ2) is 11.2. The van der Waals surface area contributed by atoms with Crippen LogP contribution in [0.5, 0.6) is 0 Å². The molecule has 2 nitrogen and oxygen atoms in total. The Hall–Kier alpha value is -4.02. The Balaban J connectivity index is 1.81. The summed E-state index contributed by atoms with van der Waals surface area (Å²) in [5.74, 6) is -3.03. The number of hydrogen-bond donors (Lipinski definition) is 1. The van der Waals surface area contributed by atoms with E-state index in [2.05, 4.69) is 0 Å². The van der Waals surface area contributed by atoms with Crippen molar-refractivity contribution < 1.29 is 49.4 Å². The first-order valence-corrected chi connectivity index (χ1v) is 13.7. The molecule has 0 aliphatic heterocycles. The molecule has 0 radical (unpaired) electrons. The molecule has 0 bridgehead atoms. The fourth-order valence-corrected chi connectivity index (χ4v) is 6.49. The zero-order valence-electron chi connectivity index (χ0n) is 22.8. The van der Waals surface area contributed by atoms with Gasteiger partial charge in [-0.2, -0.15) is 39.5 Å². The van der Waals surface area contributed by atoms with E-state index in [1.807, 2.05) is 0 Å². The third-order valence-electron chi connectivity index (χ3n) is 8.55. The Morgan fingerprint density at radius 3 is 1.89 bits per heavy atom. The normalized spacial score (nSPS) is 24.3. The second-order valence-electron chi connectivity index (χ2n) is 11.1. The van der Waals surface area contributed by atoms with E-state index < -0.39 is 64.4 Å². The van der Waals surface area contributed by atoms with Crippen LogP contribution in [0.2, 0.25) is 0 Å². The number of rotatable bonds is 5. The molecular weight excluding hydrogens is 599 g/mol. The van der Waals surface area contributed by atoms with Crippen molar-refractivity contribution in [1.29, 1.82) is 0 Å². The highest BCUT2D eigenvalue weighted by Gasteiger charge is 2.46. The maximum Gasteiger partial charge on any atom is 0.416 e. The summed E-state index contributed by atoms with van der Waals surface area (Å²) >= 11 is 0. The fraction of sp³-hybridized carbons (Fsp3) is 0.303. The SMILES string of the molecule is O=C(O)C1CCC(C2C=CC(c3ccc(C(F)(F)F)cc3)(c3ccccc3C(F)(F)F)C=C2c2ccccc2C(F)(F)F)C1. The van der Waals surface area contributed by atoms with Crippen molar-refractivity contribution in [3.8, 4) is 0 Å². The first kappa shape index (κ1) is 31.4. The molecule has 1 N–H and O–H groups in total. The summed E-state index contributed by atoms with van der Waals surface area (Å²) < 4.78 is 126. The molecule has 2 aliphatic carbocycles. The Bertz CT molecular complexity index is 1600. The number of hydrogen-bond acceptors (Lipinski definition) is 1. The number of carbonyl (C=O) groups is 1. The quantitative estimate of drug-likeness (QED) is 0.227. The van der Waals surface area contributed by atoms with Gasteiger partial charge in [0, 0.05) is 5.92 Å². The molecule has 5 rings (SSSR count). The Kier molecular flexibility index (Phi) is 7.97. The van der Waals surface area contributed by atoms with Crippen LogP contribution < -0.4 is 0 Å². The number of benzene rings is 3. The molecule has 3 aromatic rings. The molecule has 44 heavy (non-hydrogen) atoms. The molecule has 232 valence electrons. The lowest BCUT2D eigenvalue weighted by Gasteiger charge is -2.39. The van der Waals surface area contributed by atoms with Crippen LogP contribution in [0.1, 0.15) is 52.6 Å². The van der Waals surface area contributed by atoms with E-state index in [4.69, 9.17) is 0 Å². The van der Waals surface area contributed by atoms with Crippen molar-refractivity contribution in [2.75, 3.05) is 0 Å². The summed E-state index contributed by atoms with van der Waals surface area (Å²) in [5, 5.41) is 9.56. The average Bonchev–Trinajstić information content (AvgIpc) is 3.46. The summed E-state index contributed by atoms with van der Waals surface area (Å²) in [6.45, 7) is 0. The molecule has 3 aromatic carbocycles. The van der Waals surface area contributed by atoms with Gasteiger partial charge in [0.15, 0.2) is 0 Å². The molecule has 4 atom stereocenters. The number of alkyl halides is 9. The van der Waals surface area contributed by atoms with E-state index in [0.717, 1.165) is 48.5 Å². The van der Waals surface area contributed by atoms with Gasteiger partial charge < -0.3 is 5.11 Å². The highest BCUT2D eigenvalue weighted by molar-refractivity contribution is 5.78. The van der Waals surface area contributed by atoms with Gasteiger partial charge in [0.2, 0.25) is 0 Å². The van der Waals surface area contributed by atoms with Crippen molar-refractivity contribution in [3.63, 3.8) is 0 Å². The summed E-state index contributed by atoms with van der Waals surface area (Å²) in [5.41, 5.74) is -5.78. The number of allylic oxidation sites excluding steroid dienone is 4. The Morgan fingerprint density at radius 1 is 0.727 bits per heavy atom. The molecule has 1 fully saturated rings. The third-order valence-corrected chi connectivity index (χ3v) is 8.55. The minimum atomic E-state index is -4.90. The zero-order chi connectivity index (χ0) is 32.1. The minimum Gasteiger partial charge on any atom is -0.481 e. The number of halogens is 9. The number of carboxylic acid groups (broad SMARTS) is 1. The van der Waals surface area contributed by atoms with Crippen LogP contribution in [-0.4, -0.2) is 11.1 Å². The molecule has 4 unspecified atom stereocenters. The van der Waals surface area contributed by atoms with E-state index in [-0.39, 0.29) is 35.1 Å². The van der Waals surface area contributed by atoms with Crippen LogP contribution in [0.3, 0.4) is 0 Å². The zero-order valence-corrected chi connectivity index (χ0v) is 22.8. The maximum absolute atomic E-state index is 14.4. The Morgan fingerprint density at radius 2 is 1.32 bits per heavy atom. The highest BCUT2D eigenvalue weighted by Crippen LogP contribution is 2.52. The molecule has 11 heteroatoms. The average molecular weight is 625 g/mol. The van der Waals surface area contributed by atoms with E-state index in [1.54, 1.807) is 0 Å². The first-order chi connectivity index (χ1) is 20.5. The van der Waals surface area contributed by atoms with E-state index in [1.165, 1.54) is 42.5 Å². The van der Waals surface area contributed by atoms with Gasteiger partial charge in [-0.3, -0.25) is 4.79 Å². The van der Waals surface area contributed by atoms with E-state index in [9.17, 15) is 49.4 Å². The van der Waals surface area contributed by atoms with E-state index >= 15 is 0 Å². The second-order valence-corrected chi connectivity index (χ2v) is 11.1. The van der Waals surface area contributed by atoms with Gasteiger partial charge in [0.25, 0.3) is 0 Å². The molecule has 1 saturated carbocycles. The third kappa shape index (κ3) is 5.88. The molecule has 2 aliphatic rings. The number of carboxylic acids is 1. The molecule has 0 saturated heterocycles. The lowest BCUT2D eigenvalue weighted by molar-refractivity contribution is -0.142. The van der Waals surface area contributed by atoms with Crippen LogP contribution in [0.15, 0.2) is 91.0 Å². The lowest BCUT2D eigenvalue weighted by atomic mass is 9.64. The smallest absolute Gasteiger partial charge is 0.416 e. The van der Waals surface area contributed by atoms with Crippen LogP contribution >= 0.6 is 0 Å². The predicted molar refractivity (Wildman–Crippen MR) is 144 cm³/mol. The van der Waals surface area contributed by atoms with Gasteiger partial charge in [-0.1, -0.05) is 66.8 Å². The van der Waals surface area contributed by atoms with Crippen LogP contribution in [0.25, 0.3) is 5.57 Å². The van der Waals surface area contributed by atoms with Crippen molar-refractivity contribution >= 4 is 11.5 Å². The van der Waals surface area contributed by atoms with Crippen LogP contribution in [-0.2, 0) is 28.7 Å². The summed E-state index contributed by atoms with van der Waals surface area (Å²) in [7, 11) is 0. The van der Waals surface area contributed by atoms with Gasteiger partial charge in [-0.05, 0) is 71.7 Å². The summed E-state index contributed by atoms with van der Waals surface area (Å²) in [4.78, 5) is 11.7. The molecule has 0 amide bonds. The van der Waals surface area contributed by atoms with Crippen molar-refractivity contribution in [3.05, 3.63) is 124 Å². The van der Waals surface area contributed by atoms with Gasteiger partial charge in [0.05, 0.1) is 28.0 Å². The van der Waals surface area contributed by atoms with Gasteiger partial charge in [-0.25, -0.2) is 0 Å². The van der Waals surface area contributed by atoms with Gasteiger partial charge in [-0.15, -0.1) is 0 Å². The van der Waals surface area contributed by atoms with Crippen LogP contribution in [0, 0.1) is 17.8 Å². The fourth-order valence-electron chi connectivity index (χ4n) is 6.49. The summed E-state index contributed by atoms with van der Waals surface area (Å²) in [6.07, 6.45) is -9.56. The topological polar surface area (TPSA) is 37.3 Å². The standard InChI is InChI=1S/C33H25F9O2/c34-31(35,36)22-13-11-21(12-14-22)30(27-7-3-4-8-28(27)33(40,41)42)16-15-23(19-9-10-20(17-19)29(43)44)25(18-30)24-5-1-2-6-26(24)32(37,38)39/h1-8,11-16,18-20,23H,9-10,17H2,(H,43,44). The van der Waals surface area contributed by atoms with Crippen molar-refractivity contribution in [2.24, 2.45) is 17.8 Å². The van der Waals surface area contributed by atoms with E-state index in [0.29, 0.717) is 6.42 Å². The van der Waals surface area contributed by atoms with Crippen molar-refractivity contribution in [2.45, 2.75) is 43.2 Å². The molecule has 0 aromatic heterocycles. The Labute approximate surface area is 246 Å². The van der Waals surface area contributed by atoms with Crippen LogP contribution in [0.4, 0.5) is 39.5 Å². The van der Waals surface area contributed by atoms with Gasteiger partial charge in [0.1, 0.15) is 0 Å². The highest BCUT2D eigenvalue weighted by atomic mass is 19.4. The number of aliphatic carboxylic acids is 1.